The maximum atomic E-state index is 11.6. The lowest BCUT2D eigenvalue weighted by Gasteiger charge is -2.02. The fourth-order valence-corrected chi connectivity index (χ4v) is 1.16. The van der Waals surface area contributed by atoms with Crippen molar-refractivity contribution in [1.82, 2.24) is 9.78 Å². The minimum atomic E-state index is -0.953. The van der Waals surface area contributed by atoms with Crippen molar-refractivity contribution >= 4 is 11.8 Å². The number of carboxylic acids is 1. The van der Waals surface area contributed by atoms with Gasteiger partial charge in [-0.2, -0.15) is 5.10 Å². The SMILES string of the molecule is CCn1cc(C(=O)CC(C)C(=O)O)cn1. The van der Waals surface area contributed by atoms with Gasteiger partial charge in [-0.1, -0.05) is 6.92 Å². The number of ketones is 1. The molecule has 1 rings (SSSR count). The molecule has 0 amide bonds. The summed E-state index contributed by atoms with van der Waals surface area (Å²) in [6.07, 6.45) is 3.13. The molecule has 1 aromatic heterocycles. The number of rotatable bonds is 5. The van der Waals surface area contributed by atoms with E-state index in [4.69, 9.17) is 5.11 Å². The second kappa shape index (κ2) is 4.72. The van der Waals surface area contributed by atoms with Crippen LogP contribution in [0.4, 0.5) is 0 Å². The molecule has 1 aromatic rings. The fourth-order valence-electron chi connectivity index (χ4n) is 1.16. The quantitative estimate of drug-likeness (QED) is 0.741. The van der Waals surface area contributed by atoms with Gasteiger partial charge in [-0.05, 0) is 6.92 Å². The lowest BCUT2D eigenvalue weighted by Crippen LogP contribution is -2.14. The van der Waals surface area contributed by atoms with Crippen LogP contribution < -0.4 is 0 Å². The van der Waals surface area contributed by atoms with E-state index in [1.807, 2.05) is 6.92 Å². The Morgan fingerprint density at radius 1 is 1.60 bits per heavy atom. The van der Waals surface area contributed by atoms with Crippen LogP contribution in [0.5, 0.6) is 0 Å². The number of nitrogens with zero attached hydrogens (tertiary/aromatic N) is 2. The van der Waals surface area contributed by atoms with E-state index in [1.165, 1.54) is 13.1 Å². The number of aromatic nitrogens is 2. The molecule has 0 spiro atoms. The summed E-state index contributed by atoms with van der Waals surface area (Å²) in [4.78, 5) is 22.1. The molecule has 0 aliphatic heterocycles. The van der Waals surface area contributed by atoms with Crippen LogP contribution in [0, 0.1) is 5.92 Å². The van der Waals surface area contributed by atoms with Crippen molar-refractivity contribution in [3.63, 3.8) is 0 Å². The molecule has 0 fully saturated rings. The van der Waals surface area contributed by atoms with Crippen LogP contribution in [0.1, 0.15) is 30.6 Å². The predicted molar refractivity (Wildman–Crippen MR) is 53.6 cm³/mol. The van der Waals surface area contributed by atoms with Gasteiger partial charge in [0.15, 0.2) is 5.78 Å². The van der Waals surface area contributed by atoms with Gasteiger partial charge < -0.3 is 5.11 Å². The standard InChI is InChI=1S/C10H14N2O3/c1-3-12-6-8(5-11-12)9(13)4-7(2)10(14)15/h5-7H,3-4H2,1-2H3,(H,14,15). The molecule has 0 aromatic carbocycles. The number of Topliss-reactive ketones (excluding diaryl/α,β-unsaturated/α-hetero) is 1. The number of carbonyl (C=O) groups is 2. The lowest BCUT2D eigenvalue weighted by molar-refractivity contribution is -0.141. The van der Waals surface area contributed by atoms with Crippen LogP contribution in [-0.2, 0) is 11.3 Å². The maximum absolute atomic E-state index is 11.6. The lowest BCUT2D eigenvalue weighted by atomic mass is 10.0. The normalized spacial score (nSPS) is 12.4. The first-order valence-electron chi connectivity index (χ1n) is 4.83. The molecule has 1 N–H and O–H groups in total. The summed E-state index contributed by atoms with van der Waals surface area (Å²) in [7, 11) is 0. The third-order valence-electron chi connectivity index (χ3n) is 2.19. The zero-order valence-electron chi connectivity index (χ0n) is 8.80. The van der Waals surface area contributed by atoms with E-state index >= 15 is 0 Å². The molecule has 5 heteroatoms. The molecule has 82 valence electrons. The Morgan fingerprint density at radius 3 is 2.73 bits per heavy atom. The fraction of sp³-hybridized carbons (Fsp3) is 0.500. The summed E-state index contributed by atoms with van der Waals surface area (Å²) >= 11 is 0. The number of aryl methyl sites for hydroxylation is 1. The highest BCUT2D eigenvalue weighted by Gasteiger charge is 2.17. The van der Waals surface area contributed by atoms with Crippen molar-refractivity contribution in [2.45, 2.75) is 26.8 Å². The predicted octanol–water partition coefficient (Wildman–Crippen LogP) is 1.20. The van der Waals surface area contributed by atoms with Crippen molar-refractivity contribution < 1.29 is 14.7 Å². The van der Waals surface area contributed by atoms with Gasteiger partial charge in [-0.3, -0.25) is 14.3 Å². The summed E-state index contributed by atoms with van der Waals surface area (Å²) in [6, 6.07) is 0. The second-order valence-electron chi connectivity index (χ2n) is 3.45. The van der Waals surface area contributed by atoms with Gasteiger partial charge in [0.2, 0.25) is 0 Å². The Hall–Kier alpha value is -1.65. The first kappa shape index (κ1) is 11.4. The van der Waals surface area contributed by atoms with Gasteiger partial charge >= 0.3 is 5.97 Å². The Labute approximate surface area is 87.7 Å². The van der Waals surface area contributed by atoms with Crippen LogP contribution in [0.2, 0.25) is 0 Å². The Morgan fingerprint density at radius 2 is 2.27 bits per heavy atom. The van der Waals surface area contributed by atoms with Crippen LogP contribution >= 0.6 is 0 Å². The molecule has 1 unspecified atom stereocenters. The van der Waals surface area contributed by atoms with E-state index in [0.717, 1.165) is 0 Å². The monoisotopic (exact) mass is 210 g/mol. The first-order chi connectivity index (χ1) is 7.04. The second-order valence-corrected chi connectivity index (χ2v) is 3.45. The minimum absolute atomic E-state index is 0.0186. The van der Waals surface area contributed by atoms with Crippen LogP contribution in [0.25, 0.3) is 0 Å². The summed E-state index contributed by atoms with van der Waals surface area (Å²) in [5.74, 6) is -1.78. The van der Waals surface area contributed by atoms with Crippen LogP contribution in [-0.4, -0.2) is 26.6 Å². The smallest absolute Gasteiger partial charge is 0.306 e. The van der Waals surface area contributed by atoms with Gasteiger partial charge in [-0.15, -0.1) is 0 Å². The highest BCUT2D eigenvalue weighted by Crippen LogP contribution is 2.09. The van der Waals surface area contributed by atoms with Crippen molar-refractivity contribution in [3.05, 3.63) is 18.0 Å². The summed E-state index contributed by atoms with van der Waals surface area (Å²) in [5.41, 5.74) is 0.477. The third kappa shape index (κ3) is 2.90. The number of aliphatic carboxylic acids is 1. The molecule has 5 nitrogen and oxygen atoms in total. The molecular formula is C10H14N2O3. The third-order valence-corrected chi connectivity index (χ3v) is 2.19. The molecule has 1 heterocycles. The van der Waals surface area contributed by atoms with Crippen LogP contribution in [0.15, 0.2) is 12.4 Å². The number of carboxylic acid groups (broad SMARTS) is 1. The topological polar surface area (TPSA) is 72.2 Å². The molecule has 15 heavy (non-hydrogen) atoms. The molecule has 0 saturated heterocycles. The summed E-state index contributed by atoms with van der Waals surface area (Å²) in [6.45, 7) is 4.13. The molecule has 0 aliphatic carbocycles. The number of hydrogen-bond donors (Lipinski definition) is 1. The van der Waals surface area contributed by atoms with Crippen molar-refractivity contribution in [3.8, 4) is 0 Å². The Balaban J connectivity index is 2.65. The molecule has 0 bridgehead atoms. The zero-order valence-corrected chi connectivity index (χ0v) is 8.80. The van der Waals surface area contributed by atoms with E-state index in [9.17, 15) is 9.59 Å². The first-order valence-corrected chi connectivity index (χ1v) is 4.83. The number of hydrogen-bond acceptors (Lipinski definition) is 3. The Bertz CT molecular complexity index is 370. The van der Waals surface area contributed by atoms with Gasteiger partial charge in [0.1, 0.15) is 0 Å². The van der Waals surface area contributed by atoms with E-state index in [-0.39, 0.29) is 12.2 Å². The van der Waals surface area contributed by atoms with Gasteiger partial charge in [-0.25, -0.2) is 0 Å². The average molecular weight is 210 g/mol. The molecule has 0 radical (unpaired) electrons. The highest BCUT2D eigenvalue weighted by atomic mass is 16.4. The van der Waals surface area contributed by atoms with Gasteiger partial charge in [0.05, 0.1) is 17.7 Å². The summed E-state index contributed by atoms with van der Waals surface area (Å²) in [5, 5.41) is 12.6. The van der Waals surface area contributed by atoms with Crippen molar-refractivity contribution in [2.75, 3.05) is 0 Å². The average Bonchev–Trinajstić information content (AvgIpc) is 2.65. The molecule has 1 atom stereocenters. The molecule has 0 aliphatic rings. The molecule has 0 saturated carbocycles. The van der Waals surface area contributed by atoms with Gasteiger partial charge in [0, 0.05) is 19.2 Å². The van der Waals surface area contributed by atoms with E-state index in [1.54, 1.807) is 10.9 Å². The van der Waals surface area contributed by atoms with E-state index < -0.39 is 11.9 Å². The largest absolute Gasteiger partial charge is 0.481 e. The maximum Gasteiger partial charge on any atom is 0.306 e. The number of carbonyl (C=O) groups excluding carboxylic acids is 1. The Kier molecular flexibility index (Phi) is 3.60. The molecular weight excluding hydrogens is 196 g/mol. The zero-order chi connectivity index (χ0) is 11.4. The minimum Gasteiger partial charge on any atom is -0.481 e. The summed E-state index contributed by atoms with van der Waals surface area (Å²) < 4.78 is 1.64. The van der Waals surface area contributed by atoms with E-state index in [2.05, 4.69) is 5.10 Å². The van der Waals surface area contributed by atoms with Crippen LogP contribution in [0.3, 0.4) is 0 Å². The van der Waals surface area contributed by atoms with E-state index in [0.29, 0.717) is 12.1 Å². The van der Waals surface area contributed by atoms with Crippen molar-refractivity contribution in [2.24, 2.45) is 5.92 Å². The van der Waals surface area contributed by atoms with Crippen molar-refractivity contribution in [1.29, 1.82) is 0 Å². The van der Waals surface area contributed by atoms with Gasteiger partial charge in [0.25, 0.3) is 0 Å². The highest BCUT2D eigenvalue weighted by molar-refractivity contribution is 5.97.